The molecule has 1 aromatic heterocycles. The monoisotopic (exact) mass is 372 g/mol. The van der Waals surface area contributed by atoms with Gasteiger partial charge in [0.25, 0.3) is 5.91 Å². The Kier molecular flexibility index (Phi) is 5.07. The fourth-order valence-corrected chi connectivity index (χ4v) is 2.33. The summed E-state index contributed by atoms with van der Waals surface area (Å²) in [7, 11) is 0. The third-order valence-electron chi connectivity index (χ3n) is 3.70. The SMILES string of the molecule is Cc1ccc(Nc2ccc(C(=O)Nc3ccccc3C(F)(F)F)nn2)cc1. The lowest BCUT2D eigenvalue weighted by molar-refractivity contribution is -0.136. The van der Waals surface area contributed by atoms with Crippen LogP contribution in [0.15, 0.2) is 60.7 Å². The van der Waals surface area contributed by atoms with Crippen molar-refractivity contribution in [3.63, 3.8) is 0 Å². The summed E-state index contributed by atoms with van der Waals surface area (Å²) in [5.41, 5.74) is 0.549. The van der Waals surface area contributed by atoms with Gasteiger partial charge in [-0.15, -0.1) is 10.2 Å². The third-order valence-corrected chi connectivity index (χ3v) is 3.70. The molecule has 0 aliphatic heterocycles. The maximum absolute atomic E-state index is 13.0. The Morgan fingerprint density at radius 3 is 2.26 bits per heavy atom. The number of rotatable bonds is 4. The second-order valence-electron chi connectivity index (χ2n) is 5.79. The Labute approximate surface area is 153 Å². The molecule has 0 fully saturated rings. The summed E-state index contributed by atoms with van der Waals surface area (Å²) >= 11 is 0. The molecule has 0 radical (unpaired) electrons. The van der Waals surface area contributed by atoms with Crippen LogP contribution in [0.5, 0.6) is 0 Å². The second kappa shape index (κ2) is 7.45. The van der Waals surface area contributed by atoms with Crippen LogP contribution >= 0.6 is 0 Å². The summed E-state index contributed by atoms with van der Waals surface area (Å²) in [5, 5.41) is 12.9. The number of carbonyl (C=O) groups excluding carboxylic acids is 1. The summed E-state index contributed by atoms with van der Waals surface area (Å²) in [4.78, 5) is 12.2. The first-order valence-electron chi connectivity index (χ1n) is 7.98. The number of hydrogen-bond acceptors (Lipinski definition) is 4. The molecule has 1 amide bonds. The van der Waals surface area contributed by atoms with Gasteiger partial charge in [-0.3, -0.25) is 4.79 Å². The number of carbonyl (C=O) groups is 1. The smallest absolute Gasteiger partial charge is 0.339 e. The number of nitrogens with one attached hydrogen (secondary N) is 2. The van der Waals surface area contributed by atoms with Gasteiger partial charge in [0.2, 0.25) is 0 Å². The van der Waals surface area contributed by atoms with E-state index >= 15 is 0 Å². The van der Waals surface area contributed by atoms with Crippen LogP contribution < -0.4 is 10.6 Å². The predicted octanol–water partition coefficient (Wildman–Crippen LogP) is 4.80. The number of amides is 1. The van der Waals surface area contributed by atoms with Gasteiger partial charge in [-0.2, -0.15) is 13.2 Å². The van der Waals surface area contributed by atoms with Crippen molar-refractivity contribution in [3.8, 4) is 0 Å². The van der Waals surface area contributed by atoms with Crippen LogP contribution in [0.1, 0.15) is 21.6 Å². The average Bonchev–Trinajstić information content (AvgIpc) is 2.64. The number of aryl methyl sites for hydroxylation is 1. The third kappa shape index (κ3) is 4.60. The Hall–Kier alpha value is -3.42. The van der Waals surface area contributed by atoms with E-state index in [1.807, 2.05) is 31.2 Å². The largest absolute Gasteiger partial charge is 0.418 e. The highest BCUT2D eigenvalue weighted by atomic mass is 19.4. The molecule has 2 N–H and O–H groups in total. The molecule has 3 aromatic rings. The molecular formula is C19H15F3N4O. The standard InChI is InChI=1S/C19H15F3N4O/c1-12-6-8-13(9-7-12)23-17-11-10-16(25-26-17)18(27)24-15-5-3-2-4-14(15)19(20,21)22/h2-11H,1H3,(H,23,26)(H,24,27). The summed E-state index contributed by atoms with van der Waals surface area (Å²) in [6.07, 6.45) is -4.57. The molecule has 3 rings (SSSR count). The quantitative estimate of drug-likeness (QED) is 0.690. The lowest BCUT2D eigenvalue weighted by Crippen LogP contribution is -2.18. The molecule has 0 spiro atoms. The number of aromatic nitrogens is 2. The molecular weight excluding hydrogens is 357 g/mol. The summed E-state index contributed by atoms with van der Waals surface area (Å²) in [6.45, 7) is 1.97. The second-order valence-corrected chi connectivity index (χ2v) is 5.79. The van der Waals surface area contributed by atoms with Gasteiger partial charge in [0, 0.05) is 5.69 Å². The molecule has 5 nitrogen and oxygen atoms in total. The molecule has 138 valence electrons. The van der Waals surface area contributed by atoms with Gasteiger partial charge in [0.15, 0.2) is 11.5 Å². The molecule has 8 heteroatoms. The molecule has 0 aliphatic rings. The molecule has 0 unspecified atom stereocenters. The highest BCUT2D eigenvalue weighted by Gasteiger charge is 2.33. The maximum atomic E-state index is 13.0. The molecule has 2 aromatic carbocycles. The number of anilines is 3. The van der Waals surface area contributed by atoms with Crippen LogP contribution in [0.25, 0.3) is 0 Å². The van der Waals surface area contributed by atoms with Gasteiger partial charge < -0.3 is 10.6 Å². The first-order valence-corrected chi connectivity index (χ1v) is 7.98. The number of para-hydroxylation sites is 1. The molecule has 0 bridgehead atoms. The zero-order chi connectivity index (χ0) is 19.4. The van der Waals surface area contributed by atoms with Gasteiger partial charge in [0.1, 0.15) is 0 Å². The predicted molar refractivity (Wildman–Crippen MR) is 95.9 cm³/mol. The van der Waals surface area contributed by atoms with E-state index in [2.05, 4.69) is 20.8 Å². The van der Waals surface area contributed by atoms with Crippen molar-refractivity contribution in [2.45, 2.75) is 13.1 Å². The van der Waals surface area contributed by atoms with Gasteiger partial charge >= 0.3 is 6.18 Å². The van der Waals surface area contributed by atoms with E-state index in [0.717, 1.165) is 17.3 Å². The molecule has 0 aliphatic carbocycles. The Morgan fingerprint density at radius 2 is 1.63 bits per heavy atom. The van der Waals surface area contributed by atoms with Crippen molar-refractivity contribution in [2.24, 2.45) is 0 Å². The van der Waals surface area contributed by atoms with Crippen LogP contribution in [0.2, 0.25) is 0 Å². The molecule has 1 heterocycles. The Bertz CT molecular complexity index is 938. The first-order chi connectivity index (χ1) is 12.8. The van der Waals surface area contributed by atoms with Crippen molar-refractivity contribution in [2.75, 3.05) is 10.6 Å². The van der Waals surface area contributed by atoms with Crippen molar-refractivity contribution >= 4 is 23.1 Å². The van der Waals surface area contributed by atoms with Crippen LogP contribution in [0.4, 0.5) is 30.4 Å². The van der Waals surface area contributed by atoms with Crippen molar-refractivity contribution < 1.29 is 18.0 Å². The highest BCUT2D eigenvalue weighted by molar-refractivity contribution is 6.03. The van der Waals surface area contributed by atoms with E-state index in [1.54, 1.807) is 0 Å². The van der Waals surface area contributed by atoms with Crippen LogP contribution in [-0.4, -0.2) is 16.1 Å². The number of alkyl halides is 3. The summed E-state index contributed by atoms with van der Waals surface area (Å²) in [5.74, 6) is -0.368. The van der Waals surface area contributed by atoms with E-state index in [4.69, 9.17) is 0 Å². The van der Waals surface area contributed by atoms with Crippen molar-refractivity contribution in [1.29, 1.82) is 0 Å². The molecule has 0 atom stereocenters. The minimum absolute atomic E-state index is 0.0959. The summed E-state index contributed by atoms with van der Waals surface area (Å²) in [6, 6.07) is 15.2. The Balaban J connectivity index is 1.72. The van der Waals surface area contributed by atoms with Crippen LogP contribution in [0.3, 0.4) is 0 Å². The zero-order valence-corrected chi connectivity index (χ0v) is 14.2. The van der Waals surface area contributed by atoms with Crippen molar-refractivity contribution in [1.82, 2.24) is 10.2 Å². The number of benzene rings is 2. The lowest BCUT2D eigenvalue weighted by atomic mass is 10.1. The molecule has 27 heavy (non-hydrogen) atoms. The van der Waals surface area contributed by atoms with Gasteiger partial charge in [0.05, 0.1) is 11.3 Å². The minimum Gasteiger partial charge on any atom is -0.339 e. The molecule has 0 saturated heterocycles. The van der Waals surface area contributed by atoms with Gasteiger partial charge in [-0.25, -0.2) is 0 Å². The van der Waals surface area contributed by atoms with E-state index in [9.17, 15) is 18.0 Å². The normalized spacial score (nSPS) is 11.1. The van der Waals surface area contributed by atoms with Gasteiger partial charge in [-0.05, 0) is 43.3 Å². The number of halogens is 3. The zero-order valence-electron chi connectivity index (χ0n) is 14.2. The maximum Gasteiger partial charge on any atom is 0.418 e. The van der Waals surface area contributed by atoms with Gasteiger partial charge in [-0.1, -0.05) is 29.8 Å². The summed E-state index contributed by atoms with van der Waals surface area (Å²) < 4.78 is 39.0. The number of nitrogens with zero attached hydrogens (tertiary/aromatic N) is 2. The van der Waals surface area contributed by atoms with E-state index < -0.39 is 17.6 Å². The minimum atomic E-state index is -4.57. The van der Waals surface area contributed by atoms with E-state index in [1.165, 1.54) is 30.3 Å². The average molecular weight is 372 g/mol. The van der Waals surface area contributed by atoms with E-state index in [0.29, 0.717) is 5.82 Å². The topological polar surface area (TPSA) is 66.9 Å². The fourth-order valence-electron chi connectivity index (χ4n) is 2.33. The molecule has 0 saturated carbocycles. The fraction of sp³-hybridized carbons (Fsp3) is 0.105. The highest BCUT2D eigenvalue weighted by Crippen LogP contribution is 2.34. The van der Waals surface area contributed by atoms with Crippen LogP contribution in [0, 0.1) is 6.92 Å². The van der Waals surface area contributed by atoms with Crippen LogP contribution in [-0.2, 0) is 6.18 Å². The van der Waals surface area contributed by atoms with Crippen molar-refractivity contribution in [3.05, 3.63) is 77.5 Å². The Morgan fingerprint density at radius 1 is 0.926 bits per heavy atom. The number of hydrogen-bond donors (Lipinski definition) is 2. The first kappa shape index (κ1) is 18.4. The lowest BCUT2D eigenvalue weighted by Gasteiger charge is -2.13. The van der Waals surface area contributed by atoms with E-state index in [-0.39, 0.29) is 11.4 Å².